The van der Waals surface area contributed by atoms with Crippen molar-refractivity contribution in [2.75, 3.05) is 13.1 Å². The fourth-order valence-corrected chi connectivity index (χ4v) is 3.63. The molecule has 1 aliphatic rings. The van der Waals surface area contributed by atoms with Gasteiger partial charge in [0.15, 0.2) is 5.78 Å². The van der Waals surface area contributed by atoms with E-state index in [0.717, 1.165) is 31.3 Å². The molecule has 5 nitrogen and oxygen atoms in total. The van der Waals surface area contributed by atoms with E-state index in [1.165, 1.54) is 24.6 Å². The molecular formula is C23H27FN2O3. The molecule has 0 spiro atoms. The summed E-state index contributed by atoms with van der Waals surface area (Å²) < 4.78 is 19.9. The van der Waals surface area contributed by atoms with E-state index < -0.39 is 11.7 Å². The molecule has 2 atom stereocenters. The van der Waals surface area contributed by atoms with Gasteiger partial charge in [-0.25, -0.2) is 4.39 Å². The number of halogens is 1. The standard InChI is InChI=1S/C23H27FN2O3/c1-15-12-26(13-16(2)29-15)14-19-6-4-18(5-7-19)11-25-23(28)21-9-8-20(17(3)27)10-22(21)24/h4-10,15-16H,11-14H2,1-3H3,(H,25,28)/t15-,16-/m0/s1. The fraction of sp³-hybridized carbons (Fsp3) is 0.391. The number of hydrogen-bond donors (Lipinski definition) is 1. The maximum absolute atomic E-state index is 14.1. The Morgan fingerprint density at radius 3 is 2.28 bits per heavy atom. The van der Waals surface area contributed by atoms with Gasteiger partial charge in [-0.3, -0.25) is 14.5 Å². The topological polar surface area (TPSA) is 58.6 Å². The van der Waals surface area contributed by atoms with Crippen LogP contribution < -0.4 is 5.32 Å². The molecule has 1 aliphatic heterocycles. The molecule has 154 valence electrons. The number of Topliss-reactive ketones (excluding diaryl/α,β-unsaturated/α-hetero) is 1. The number of benzene rings is 2. The molecule has 1 amide bonds. The van der Waals surface area contributed by atoms with Gasteiger partial charge in [0, 0.05) is 31.7 Å². The lowest BCUT2D eigenvalue weighted by atomic mass is 10.1. The molecule has 0 saturated carbocycles. The van der Waals surface area contributed by atoms with E-state index in [-0.39, 0.29) is 29.1 Å². The van der Waals surface area contributed by atoms with E-state index >= 15 is 0 Å². The second-order valence-electron chi connectivity index (χ2n) is 7.70. The Kier molecular flexibility index (Phi) is 6.77. The van der Waals surface area contributed by atoms with Gasteiger partial charge >= 0.3 is 0 Å². The van der Waals surface area contributed by atoms with Crippen LogP contribution in [0.1, 0.15) is 52.6 Å². The van der Waals surface area contributed by atoms with Crippen LogP contribution in [0.2, 0.25) is 0 Å². The summed E-state index contributed by atoms with van der Waals surface area (Å²) in [6.45, 7) is 8.53. The van der Waals surface area contributed by atoms with Gasteiger partial charge in [-0.15, -0.1) is 0 Å². The number of ether oxygens (including phenoxy) is 1. The van der Waals surface area contributed by atoms with Gasteiger partial charge in [0.05, 0.1) is 17.8 Å². The Balaban J connectivity index is 1.55. The van der Waals surface area contributed by atoms with E-state index in [0.29, 0.717) is 6.54 Å². The monoisotopic (exact) mass is 398 g/mol. The smallest absolute Gasteiger partial charge is 0.254 e. The lowest BCUT2D eigenvalue weighted by molar-refractivity contribution is -0.0704. The number of nitrogens with zero attached hydrogens (tertiary/aromatic N) is 1. The van der Waals surface area contributed by atoms with Crippen molar-refractivity contribution in [1.29, 1.82) is 0 Å². The van der Waals surface area contributed by atoms with Crippen molar-refractivity contribution >= 4 is 11.7 Å². The minimum Gasteiger partial charge on any atom is -0.373 e. The van der Waals surface area contributed by atoms with Crippen molar-refractivity contribution in [3.05, 3.63) is 70.5 Å². The van der Waals surface area contributed by atoms with Gasteiger partial charge in [-0.1, -0.05) is 30.3 Å². The molecule has 0 bridgehead atoms. The summed E-state index contributed by atoms with van der Waals surface area (Å²) in [6, 6.07) is 11.9. The van der Waals surface area contributed by atoms with Gasteiger partial charge < -0.3 is 10.1 Å². The van der Waals surface area contributed by atoms with E-state index in [1.807, 2.05) is 12.1 Å². The summed E-state index contributed by atoms with van der Waals surface area (Å²) in [5.74, 6) is -1.44. The average molecular weight is 398 g/mol. The normalized spacial score (nSPS) is 19.7. The predicted octanol–water partition coefficient (Wildman–Crippen LogP) is 3.57. The molecule has 6 heteroatoms. The maximum Gasteiger partial charge on any atom is 0.254 e. The van der Waals surface area contributed by atoms with Crippen LogP contribution in [0, 0.1) is 5.82 Å². The van der Waals surface area contributed by atoms with Crippen molar-refractivity contribution in [2.45, 2.75) is 46.1 Å². The summed E-state index contributed by atoms with van der Waals surface area (Å²) in [5.41, 5.74) is 2.32. The summed E-state index contributed by atoms with van der Waals surface area (Å²) >= 11 is 0. The first kappa shape index (κ1) is 21.1. The van der Waals surface area contributed by atoms with Crippen LogP contribution in [0.15, 0.2) is 42.5 Å². The van der Waals surface area contributed by atoms with E-state index in [4.69, 9.17) is 4.74 Å². The number of amides is 1. The largest absolute Gasteiger partial charge is 0.373 e. The van der Waals surface area contributed by atoms with Crippen LogP contribution in [0.4, 0.5) is 4.39 Å². The molecule has 0 aliphatic carbocycles. The number of rotatable bonds is 6. The Bertz CT molecular complexity index is 872. The Hall–Kier alpha value is -2.57. The molecular weight excluding hydrogens is 371 g/mol. The van der Waals surface area contributed by atoms with Gasteiger partial charge in [0.2, 0.25) is 0 Å². The maximum atomic E-state index is 14.1. The number of nitrogens with one attached hydrogen (secondary N) is 1. The van der Waals surface area contributed by atoms with E-state index in [2.05, 4.69) is 36.2 Å². The molecule has 2 aromatic carbocycles. The first-order chi connectivity index (χ1) is 13.8. The number of hydrogen-bond acceptors (Lipinski definition) is 4. The van der Waals surface area contributed by atoms with Gasteiger partial charge in [-0.05, 0) is 44.0 Å². The summed E-state index contributed by atoms with van der Waals surface area (Å²) in [7, 11) is 0. The lowest BCUT2D eigenvalue weighted by Crippen LogP contribution is -2.44. The molecule has 1 fully saturated rings. The first-order valence-corrected chi connectivity index (χ1v) is 9.86. The Labute approximate surface area is 170 Å². The Morgan fingerprint density at radius 2 is 1.69 bits per heavy atom. The van der Waals surface area contributed by atoms with E-state index in [1.54, 1.807) is 0 Å². The number of ketones is 1. The number of morpholine rings is 1. The molecule has 1 saturated heterocycles. The zero-order valence-corrected chi connectivity index (χ0v) is 17.1. The van der Waals surface area contributed by atoms with Crippen LogP contribution >= 0.6 is 0 Å². The van der Waals surface area contributed by atoms with Crippen molar-refractivity contribution in [3.8, 4) is 0 Å². The molecule has 2 aromatic rings. The van der Waals surface area contributed by atoms with Crippen molar-refractivity contribution in [1.82, 2.24) is 10.2 Å². The minimum atomic E-state index is -0.695. The number of carbonyl (C=O) groups is 2. The average Bonchev–Trinajstić information content (AvgIpc) is 2.66. The minimum absolute atomic E-state index is 0.0674. The van der Waals surface area contributed by atoms with Crippen LogP contribution in [0.5, 0.6) is 0 Å². The second kappa shape index (κ2) is 9.29. The van der Waals surface area contributed by atoms with Crippen molar-refractivity contribution in [2.24, 2.45) is 0 Å². The predicted molar refractivity (Wildman–Crippen MR) is 109 cm³/mol. The van der Waals surface area contributed by atoms with Crippen LogP contribution in [-0.2, 0) is 17.8 Å². The summed E-state index contributed by atoms with van der Waals surface area (Å²) in [4.78, 5) is 25.9. The molecule has 3 rings (SSSR count). The quantitative estimate of drug-likeness (QED) is 0.756. The van der Waals surface area contributed by atoms with Gasteiger partial charge in [-0.2, -0.15) is 0 Å². The highest BCUT2D eigenvalue weighted by Crippen LogP contribution is 2.15. The third kappa shape index (κ3) is 5.71. The third-order valence-corrected chi connectivity index (χ3v) is 5.00. The highest BCUT2D eigenvalue weighted by atomic mass is 19.1. The Morgan fingerprint density at radius 1 is 1.07 bits per heavy atom. The molecule has 0 aromatic heterocycles. The summed E-state index contributed by atoms with van der Waals surface area (Å²) in [5, 5.41) is 2.73. The van der Waals surface area contributed by atoms with Crippen LogP contribution in [0.25, 0.3) is 0 Å². The van der Waals surface area contributed by atoms with Crippen LogP contribution in [0.3, 0.4) is 0 Å². The fourth-order valence-electron chi connectivity index (χ4n) is 3.63. The summed E-state index contributed by atoms with van der Waals surface area (Å²) in [6.07, 6.45) is 0.469. The van der Waals surface area contributed by atoms with Gasteiger partial charge in [0.1, 0.15) is 5.82 Å². The lowest BCUT2D eigenvalue weighted by Gasteiger charge is -2.35. The van der Waals surface area contributed by atoms with E-state index in [9.17, 15) is 14.0 Å². The van der Waals surface area contributed by atoms with Crippen LogP contribution in [-0.4, -0.2) is 41.9 Å². The van der Waals surface area contributed by atoms with Gasteiger partial charge in [0.25, 0.3) is 5.91 Å². The van der Waals surface area contributed by atoms with Crippen molar-refractivity contribution < 1.29 is 18.7 Å². The molecule has 29 heavy (non-hydrogen) atoms. The highest BCUT2D eigenvalue weighted by molar-refractivity contribution is 5.97. The molecule has 0 unspecified atom stereocenters. The molecule has 1 heterocycles. The molecule has 0 radical (unpaired) electrons. The zero-order valence-electron chi connectivity index (χ0n) is 17.1. The third-order valence-electron chi connectivity index (χ3n) is 5.00. The second-order valence-corrected chi connectivity index (χ2v) is 7.70. The molecule has 1 N–H and O–H groups in total. The SMILES string of the molecule is CC(=O)c1ccc(C(=O)NCc2ccc(CN3C[C@H](C)O[C@@H](C)C3)cc2)c(F)c1. The first-order valence-electron chi connectivity index (χ1n) is 9.86. The highest BCUT2D eigenvalue weighted by Gasteiger charge is 2.22. The van der Waals surface area contributed by atoms with Crippen molar-refractivity contribution in [3.63, 3.8) is 0 Å². The zero-order chi connectivity index (χ0) is 21.0. The number of carbonyl (C=O) groups excluding carboxylic acids is 2.